The average molecular weight is 409 g/mol. The summed E-state index contributed by atoms with van der Waals surface area (Å²) < 4.78 is 16.8. The van der Waals surface area contributed by atoms with Crippen molar-refractivity contribution in [2.75, 3.05) is 25.1 Å². The number of hydrogen-bond acceptors (Lipinski definition) is 8. The number of cyclic esters (lactones) is 2. The molecule has 0 amide bonds. The van der Waals surface area contributed by atoms with Gasteiger partial charge in [0.1, 0.15) is 6.10 Å². The van der Waals surface area contributed by atoms with Gasteiger partial charge >= 0.3 is 11.9 Å². The van der Waals surface area contributed by atoms with Crippen molar-refractivity contribution in [3.05, 3.63) is 23.7 Å². The van der Waals surface area contributed by atoms with Crippen molar-refractivity contribution in [3.63, 3.8) is 0 Å². The quantitative estimate of drug-likeness (QED) is 0.275. The molecule has 0 bridgehead atoms. The van der Waals surface area contributed by atoms with Gasteiger partial charge in [0.05, 0.1) is 12.3 Å². The molecule has 8 heteroatoms. The molecule has 0 saturated carbocycles. The zero-order chi connectivity index (χ0) is 20.2. The highest BCUT2D eigenvalue weighted by atomic mass is 32.1. The molecule has 1 aromatic rings. The molecule has 3 unspecified atom stereocenters. The maximum atomic E-state index is 12.7. The summed E-state index contributed by atoms with van der Waals surface area (Å²) in [4.78, 5) is 29.8. The third-order valence-electron chi connectivity index (χ3n) is 5.23. The normalized spacial score (nSPS) is 29.1. The minimum Gasteiger partial charge on any atom is -0.459 e. The topological polar surface area (TPSA) is 86.8 Å². The predicted octanol–water partition coefficient (Wildman–Crippen LogP) is 3.41. The van der Waals surface area contributed by atoms with Crippen LogP contribution >= 0.6 is 11.3 Å². The first-order valence-corrected chi connectivity index (χ1v) is 10.6. The molecule has 0 radical (unpaired) electrons. The van der Waals surface area contributed by atoms with E-state index in [1.807, 2.05) is 5.38 Å². The van der Waals surface area contributed by atoms with Gasteiger partial charge in [0.25, 0.3) is 0 Å². The molecule has 1 spiro atoms. The van der Waals surface area contributed by atoms with E-state index in [0.29, 0.717) is 31.9 Å². The van der Waals surface area contributed by atoms with Gasteiger partial charge in [-0.3, -0.25) is 9.59 Å². The molecule has 3 atom stereocenters. The summed E-state index contributed by atoms with van der Waals surface area (Å²) in [5.74, 6) is -1.04. The van der Waals surface area contributed by atoms with Crippen molar-refractivity contribution in [3.8, 4) is 0 Å². The lowest BCUT2D eigenvalue weighted by atomic mass is 9.78. The number of esters is 2. The van der Waals surface area contributed by atoms with Crippen molar-refractivity contribution in [1.29, 1.82) is 0 Å². The van der Waals surface area contributed by atoms with Gasteiger partial charge in [-0.25, -0.2) is 4.98 Å². The SMILES string of the molecule is C=CCNc1nc(C2(C)CC3(CC(COCCCCC)OC3=O)C(=O)O2)cs1. The van der Waals surface area contributed by atoms with Crippen molar-refractivity contribution >= 4 is 28.4 Å². The number of carbonyl (C=O) groups excluding carboxylic acids is 2. The largest absolute Gasteiger partial charge is 0.459 e. The van der Waals surface area contributed by atoms with Crippen LogP contribution in [-0.2, 0) is 29.4 Å². The Morgan fingerprint density at radius 2 is 2.25 bits per heavy atom. The average Bonchev–Trinajstić information content (AvgIpc) is 3.32. The maximum absolute atomic E-state index is 12.7. The van der Waals surface area contributed by atoms with Crippen molar-refractivity contribution in [2.45, 2.75) is 57.7 Å². The number of ether oxygens (including phenoxy) is 3. The number of nitrogens with one attached hydrogen (secondary N) is 1. The van der Waals surface area contributed by atoms with E-state index in [4.69, 9.17) is 14.2 Å². The maximum Gasteiger partial charge on any atom is 0.324 e. The first kappa shape index (κ1) is 20.8. The number of unbranched alkanes of at least 4 members (excludes halogenated alkanes) is 2. The Balaban J connectivity index is 1.64. The summed E-state index contributed by atoms with van der Waals surface area (Å²) >= 11 is 1.43. The lowest BCUT2D eigenvalue weighted by Crippen LogP contribution is -2.32. The molecule has 2 aliphatic rings. The highest BCUT2D eigenvalue weighted by Gasteiger charge is 2.65. The van der Waals surface area contributed by atoms with Gasteiger partial charge in [0.15, 0.2) is 16.1 Å². The van der Waals surface area contributed by atoms with Crippen LogP contribution in [0.15, 0.2) is 18.0 Å². The number of thiazole rings is 1. The van der Waals surface area contributed by atoms with Crippen LogP contribution in [0.5, 0.6) is 0 Å². The number of hydrogen-bond donors (Lipinski definition) is 1. The van der Waals surface area contributed by atoms with E-state index in [-0.39, 0.29) is 6.42 Å². The molecule has 3 rings (SSSR count). The van der Waals surface area contributed by atoms with E-state index in [2.05, 4.69) is 23.8 Å². The first-order valence-electron chi connectivity index (χ1n) is 9.76. The number of rotatable bonds is 10. The van der Waals surface area contributed by atoms with Gasteiger partial charge in [0.2, 0.25) is 0 Å². The second-order valence-electron chi connectivity index (χ2n) is 7.60. The Labute approximate surface area is 169 Å². The minimum absolute atomic E-state index is 0.231. The number of anilines is 1. The second kappa shape index (κ2) is 8.61. The van der Waals surface area contributed by atoms with Crippen molar-refractivity contribution in [2.24, 2.45) is 5.41 Å². The Bertz CT molecular complexity index is 736. The summed E-state index contributed by atoms with van der Waals surface area (Å²) in [6, 6.07) is 0. The Morgan fingerprint density at radius 1 is 1.43 bits per heavy atom. The van der Waals surface area contributed by atoms with Gasteiger partial charge in [0, 0.05) is 31.4 Å². The molecule has 28 heavy (non-hydrogen) atoms. The molecule has 1 aromatic heterocycles. The van der Waals surface area contributed by atoms with Crippen LogP contribution in [0.4, 0.5) is 5.13 Å². The first-order chi connectivity index (χ1) is 13.4. The van der Waals surface area contributed by atoms with Gasteiger partial charge in [-0.15, -0.1) is 17.9 Å². The predicted molar refractivity (Wildman–Crippen MR) is 106 cm³/mol. The van der Waals surface area contributed by atoms with Gasteiger partial charge in [-0.1, -0.05) is 25.8 Å². The van der Waals surface area contributed by atoms with Crippen LogP contribution in [-0.4, -0.2) is 42.8 Å². The van der Waals surface area contributed by atoms with E-state index in [0.717, 1.165) is 24.4 Å². The van der Waals surface area contributed by atoms with Gasteiger partial charge < -0.3 is 19.5 Å². The Morgan fingerprint density at radius 3 is 3.00 bits per heavy atom. The molecule has 7 nitrogen and oxygen atoms in total. The van der Waals surface area contributed by atoms with Crippen molar-refractivity contribution < 1.29 is 23.8 Å². The summed E-state index contributed by atoms with van der Waals surface area (Å²) in [6.45, 7) is 9.14. The molecule has 2 fully saturated rings. The summed E-state index contributed by atoms with van der Waals surface area (Å²) in [6.07, 6.45) is 5.06. The van der Waals surface area contributed by atoms with E-state index < -0.39 is 29.1 Å². The Hall–Kier alpha value is -1.93. The van der Waals surface area contributed by atoms with Crippen LogP contribution in [0.1, 0.15) is 51.6 Å². The molecule has 154 valence electrons. The summed E-state index contributed by atoms with van der Waals surface area (Å²) in [5.41, 5.74) is -1.57. The second-order valence-corrected chi connectivity index (χ2v) is 8.46. The van der Waals surface area contributed by atoms with E-state index in [1.54, 1.807) is 13.0 Å². The Kier molecular flexibility index (Phi) is 6.40. The molecule has 2 aliphatic heterocycles. The monoisotopic (exact) mass is 408 g/mol. The summed E-state index contributed by atoms with van der Waals surface area (Å²) in [5, 5.41) is 5.70. The van der Waals surface area contributed by atoms with E-state index >= 15 is 0 Å². The number of nitrogens with zero attached hydrogens (tertiary/aromatic N) is 1. The van der Waals surface area contributed by atoms with Crippen LogP contribution in [0.3, 0.4) is 0 Å². The number of carbonyl (C=O) groups is 2. The molecule has 0 aromatic carbocycles. The third-order valence-corrected chi connectivity index (χ3v) is 6.03. The number of aromatic nitrogens is 1. The molecule has 3 heterocycles. The fraction of sp³-hybridized carbons (Fsp3) is 0.650. The van der Waals surface area contributed by atoms with Crippen LogP contribution in [0.25, 0.3) is 0 Å². The molecular formula is C20H28N2O5S. The molecule has 0 aliphatic carbocycles. The lowest BCUT2D eigenvalue weighted by molar-refractivity contribution is -0.160. The highest BCUT2D eigenvalue weighted by Crippen LogP contribution is 2.52. The molecular weight excluding hydrogens is 380 g/mol. The van der Waals surface area contributed by atoms with E-state index in [1.165, 1.54) is 11.3 Å². The van der Waals surface area contributed by atoms with E-state index in [9.17, 15) is 9.59 Å². The fourth-order valence-electron chi connectivity index (χ4n) is 3.74. The highest BCUT2D eigenvalue weighted by molar-refractivity contribution is 7.13. The molecule has 2 saturated heterocycles. The standard InChI is InChI=1S/C20H28N2O5S/c1-4-6-7-9-25-11-14-10-20(16(23)26-14)13-19(3,27-17(20)24)15-12-28-18(22-15)21-8-5-2/h5,12,14H,2,4,6-11,13H2,1,3H3,(H,21,22). The zero-order valence-corrected chi connectivity index (χ0v) is 17.3. The molecule has 1 N–H and O–H groups in total. The van der Waals surface area contributed by atoms with Crippen LogP contribution < -0.4 is 5.32 Å². The smallest absolute Gasteiger partial charge is 0.324 e. The fourth-order valence-corrected chi connectivity index (χ4v) is 4.58. The lowest BCUT2D eigenvalue weighted by Gasteiger charge is -2.20. The van der Waals surface area contributed by atoms with Crippen molar-refractivity contribution in [1.82, 2.24) is 4.98 Å². The minimum atomic E-state index is -1.26. The third kappa shape index (κ3) is 4.07. The zero-order valence-electron chi connectivity index (χ0n) is 16.5. The van der Waals surface area contributed by atoms with Gasteiger partial charge in [-0.05, 0) is 13.3 Å². The summed E-state index contributed by atoms with van der Waals surface area (Å²) in [7, 11) is 0. The van der Waals surface area contributed by atoms with Crippen LogP contribution in [0.2, 0.25) is 0 Å². The van der Waals surface area contributed by atoms with Crippen LogP contribution in [0, 0.1) is 5.41 Å². The van der Waals surface area contributed by atoms with Gasteiger partial charge in [-0.2, -0.15) is 0 Å².